The molecule has 0 saturated heterocycles. The van der Waals surface area contributed by atoms with E-state index in [-0.39, 0.29) is 12.4 Å². The molecule has 4 nitrogen and oxygen atoms in total. The number of halogens is 1. The molecule has 3 amide bonds. The number of nitrogens with zero attached hydrogens (tertiary/aromatic N) is 1. The lowest BCUT2D eigenvalue weighted by atomic mass is 10.2. The zero-order chi connectivity index (χ0) is 9.84. The third kappa shape index (κ3) is 2.74. The van der Waals surface area contributed by atoms with Gasteiger partial charge in [-0.1, -0.05) is 18.2 Å². The van der Waals surface area contributed by atoms with Gasteiger partial charge in [0.05, 0.1) is 0 Å². The maximum Gasteiger partial charge on any atom is 0.321 e. The van der Waals surface area contributed by atoms with Crippen LogP contribution in [0.5, 0.6) is 0 Å². The second-order valence-electron chi connectivity index (χ2n) is 2.57. The van der Waals surface area contributed by atoms with Crippen LogP contribution in [0.25, 0.3) is 0 Å². The summed E-state index contributed by atoms with van der Waals surface area (Å²) in [6, 6.07) is 7.74. The van der Waals surface area contributed by atoms with Gasteiger partial charge in [0.15, 0.2) is 0 Å². The van der Waals surface area contributed by atoms with E-state index in [1.807, 2.05) is 0 Å². The van der Waals surface area contributed by atoms with Crippen LogP contribution in [0, 0.1) is 0 Å². The van der Waals surface area contributed by atoms with E-state index in [9.17, 15) is 9.59 Å². The maximum atomic E-state index is 11.4. The highest BCUT2D eigenvalue weighted by Crippen LogP contribution is 2.02. The van der Waals surface area contributed by atoms with E-state index in [0.717, 1.165) is 4.90 Å². The fourth-order valence-electron chi connectivity index (χ4n) is 0.874. The molecule has 0 heterocycles. The van der Waals surface area contributed by atoms with Gasteiger partial charge in [-0.3, -0.25) is 9.69 Å². The molecule has 0 aliphatic carbocycles. The molecule has 0 bridgehead atoms. The summed E-state index contributed by atoms with van der Waals surface area (Å²) in [6.07, 6.45) is 0. The summed E-state index contributed by atoms with van der Waals surface area (Å²) in [6.45, 7) is 0. The van der Waals surface area contributed by atoms with Gasteiger partial charge in [0, 0.05) is 12.6 Å². The van der Waals surface area contributed by atoms with Gasteiger partial charge in [-0.05, 0) is 12.1 Å². The van der Waals surface area contributed by atoms with E-state index < -0.39 is 11.9 Å². The number of primary amides is 1. The second-order valence-corrected chi connectivity index (χ2v) is 2.57. The number of hydrogen-bond donors (Lipinski definition) is 1. The van der Waals surface area contributed by atoms with Crippen molar-refractivity contribution in [2.45, 2.75) is 0 Å². The summed E-state index contributed by atoms with van der Waals surface area (Å²) in [5.74, 6) is -0.395. The zero-order valence-corrected chi connectivity index (χ0v) is 8.45. The molecule has 0 spiro atoms. The molecule has 0 aliphatic heterocycles. The molecule has 2 N–H and O–H groups in total. The molecule has 1 rings (SSSR count). The van der Waals surface area contributed by atoms with E-state index in [4.69, 9.17) is 5.73 Å². The Bertz CT molecular complexity index is 327. The molecular formula is C9H11ClN2O2. The summed E-state index contributed by atoms with van der Waals surface area (Å²) in [7, 11) is 1.34. The van der Waals surface area contributed by atoms with Gasteiger partial charge in [0.2, 0.25) is 0 Å². The van der Waals surface area contributed by atoms with Gasteiger partial charge in [0.1, 0.15) is 0 Å². The smallest absolute Gasteiger partial charge is 0.321 e. The fraction of sp³-hybridized carbons (Fsp3) is 0.111. The van der Waals surface area contributed by atoms with Crippen LogP contribution in [0.3, 0.4) is 0 Å². The Kier molecular flexibility index (Phi) is 4.66. The molecular weight excluding hydrogens is 204 g/mol. The number of benzene rings is 1. The number of nitrogens with two attached hydrogens (primary N) is 1. The second kappa shape index (κ2) is 5.24. The van der Waals surface area contributed by atoms with Crippen LogP contribution < -0.4 is 5.73 Å². The fourth-order valence-corrected chi connectivity index (χ4v) is 0.874. The van der Waals surface area contributed by atoms with Gasteiger partial charge in [-0.2, -0.15) is 0 Å². The Morgan fingerprint density at radius 1 is 1.21 bits per heavy atom. The van der Waals surface area contributed by atoms with Crippen molar-refractivity contribution in [1.82, 2.24) is 4.90 Å². The minimum Gasteiger partial charge on any atom is -0.351 e. The Morgan fingerprint density at radius 3 is 2.14 bits per heavy atom. The Balaban J connectivity index is 0.00000169. The van der Waals surface area contributed by atoms with Crippen LogP contribution >= 0.6 is 12.4 Å². The topological polar surface area (TPSA) is 63.4 Å². The minimum atomic E-state index is -0.756. The number of rotatable bonds is 1. The van der Waals surface area contributed by atoms with Gasteiger partial charge in [-0.25, -0.2) is 4.79 Å². The molecule has 0 atom stereocenters. The molecule has 0 unspecified atom stereocenters. The summed E-state index contributed by atoms with van der Waals surface area (Å²) >= 11 is 0. The Labute approximate surface area is 88.1 Å². The first-order valence-corrected chi connectivity index (χ1v) is 3.75. The lowest BCUT2D eigenvalue weighted by molar-refractivity contribution is 0.0838. The Hall–Kier alpha value is -1.55. The predicted octanol–water partition coefficient (Wildman–Crippen LogP) is 1.26. The number of amides is 3. The van der Waals surface area contributed by atoms with Crippen LogP contribution in [0.4, 0.5) is 4.79 Å². The quantitative estimate of drug-likeness (QED) is 0.765. The molecule has 0 aliphatic rings. The number of carbonyl (C=O) groups is 2. The molecule has 0 saturated carbocycles. The van der Waals surface area contributed by atoms with Crippen LogP contribution in [0.15, 0.2) is 30.3 Å². The summed E-state index contributed by atoms with van der Waals surface area (Å²) < 4.78 is 0. The van der Waals surface area contributed by atoms with Crippen LogP contribution in [0.1, 0.15) is 10.4 Å². The van der Waals surface area contributed by atoms with Crippen molar-refractivity contribution < 1.29 is 9.59 Å². The van der Waals surface area contributed by atoms with Gasteiger partial charge in [0.25, 0.3) is 5.91 Å². The first kappa shape index (κ1) is 12.5. The van der Waals surface area contributed by atoms with Crippen molar-refractivity contribution in [2.24, 2.45) is 5.73 Å². The molecule has 0 radical (unpaired) electrons. The first-order valence-electron chi connectivity index (χ1n) is 3.75. The summed E-state index contributed by atoms with van der Waals surface area (Å²) in [4.78, 5) is 22.9. The highest BCUT2D eigenvalue weighted by Gasteiger charge is 2.14. The lowest BCUT2D eigenvalue weighted by Gasteiger charge is -2.11. The maximum absolute atomic E-state index is 11.4. The number of hydrogen-bond acceptors (Lipinski definition) is 2. The van der Waals surface area contributed by atoms with E-state index in [0.29, 0.717) is 5.56 Å². The standard InChI is InChI=1S/C9H10N2O2.ClH/c1-11(9(10)13)8(12)7-5-3-2-4-6-7;/h2-6H,1H3,(H2,10,13);1H. The molecule has 0 aromatic heterocycles. The molecule has 76 valence electrons. The van der Waals surface area contributed by atoms with Crippen LogP contribution in [-0.2, 0) is 0 Å². The van der Waals surface area contributed by atoms with Crippen molar-refractivity contribution in [3.63, 3.8) is 0 Å². The van der Waals surface area contributed by atoms with Crippen LogP contribution in [-0.4, -0.2) is 23.9 Å². The number of urea groups is 1. The van der Waals surface area contributed by atoms with E-state index in [1.54, 1.807) is 30.3 Å². The van der Waals surface area contributed by atoms with Crippen molar-refractivity contribution >= 4 is 24.3 Å². The highest BCUT2D eigenvalue weighted by atomic mass is 35.5. The van der Waals surface area contributed by atoms with E-state index in [1.165, 1.54) is 7.05 Å². The summed E-state index contributed by atoms with van der Waals surface area (Å²) in [5.41, 5.74) is 5.39. The van der Waals surface area contributed by atoms with Crippen molar-refractivity contribution in [2.75, 3.05) is 7.05 Å². The van der Waals surface area contributed by atoms with Crippen molar-refractivity contribution in [3.8, 4) is 0 Å². The molecule has 14 heavy (non-hydrogen) atoms. The average Bonchev–Trinajstić information content (AvgIpc) is 2.17. The monoisotopic (exact) mass is 214 g/mol. The van der Waals surface area contributed by atoms with Gasteiger partial charge < -0.3 is 5.73 Å². The van der Waals surface area contributed by atoms with Gasteiger partial charge >= 0.3 is 6.03 Å². The third-order valence-corrected chi connectivity index (χ3v) is 1.66. The third-order valence-electron chi connectivity index (χ3n) is 1.66. The van der Waals surface area contributed by atoms with Crippen molar-refractivity contribution in [3.05, 3.63) is 35.9 Å². The molecule has 1 aromatic carbocycles. The first-order chi connectivity index (χ1) is 6.13. The Morgan fingerprint density at radius 2 is 1.71 bits per heavy atom. The molecule has 1 aromatic rings. The summed E-state index contributed by atoms with van der Waals surface area (Å²) in [5, 5.41) is 0. The number of carbonyl (C=O) groups excluding carboxylic acids is 2. The molecule has 5 heteroatoms. The largest absolute Gasteiger partial charge is 0.351 e. The van der Waals surface area contributed by atoms with Crippen molar-refractivity contribution in [1.29, 1.82) is 0 Å². The average molecular weight is 215 g/mol. The predicted molar refractivity (Wildman–Crippen MR) is 55.4 cm³/mol. The highest BCUT2D eigenvalue weighted by molar-refractivity contribution is 6.03. The minimum absolute atomic E-state index is 0. The van der Waals surface area contributed by atoms with E-state index in [2.05, 4.69) is 0 Å². The SMILES string of the molecule is CN(C(N)=O)C(=O)c1ccccc1.Cl. The van der Waals surface area contributed by atoms with Gasteiger partial charge in [-0.15, -0.1) is 12.4 Å². The van der Waals surface area contributed by atoms with E-state index >= 15 is 0 Å². The zero-order valence-electron chi connectivity index (χ0n) is 7.64. The molecule has 0 fully saturated rings. The number of imide groups is 1. The van der Waals surface area contributed by atoms with Crippen LogP contribution in [0.2, 0.25) is 0 Å². The lowest BCUT2D eigenvalue weighted by Crippen LogP contribution is -2.37. The normalized spacial score (nSPS) is 8.64.